The Bertz CT molecular complexity index is 1790. The Hall–Kier alpha value is -5.32. The molecule has 1 aliphatic rings. The zero-order valence-corrected chi connectivity index (χ0v) is 25.2. The Morgan fingerprint density at radius 3 is 2.31 bits per heavy atom. The van der Waals surface area contributed by atoms with E-state index in [1.807, 2.05) is 30.3 Å². The number of rotatable bonds is 10. The monoisotopic (exact) mass is 645 g/mol. The molecule has 1 aliphatic heterocycles. The molecule has 0 aromatic heterocycles. The molecule has 10 nitrogen and oxygen atoms in total. The molecule has 0 atom stereocenters. The van der Waals surface area contributed by atoms with Crippen LogP contribution in [0.5, 0.6) is 17.2 Å². The highest BCUT2D eigenvalue weighted by molar-refractivity contribution is 6.39. The summed E-state index contributed by atoms with van der Waals surface area (Å²) in [6.45, 7) is -0.0634. The molecule has 1 heterocycles. The van der Waals surface area contributed by atoms with Gasteiger partial charge in [0.2, 0.25) is 0 Å². The van der Waals surface area contributed by atoms with Gasteiger partial charge in [-0.3, -0.25) is 19.7 Å². The number of hydrogen-bond acceptors (Lipinski definition) is 7. The predicted octanol–water partition coefficient (Wildman–Crippen LogP) is 6.26. The molecule has 0 bridgehead atoms. The van der Waals surface area contributed by atoms with E-state index in [4.69, 9.17) is 37.4 Å². The van der Waals surface area contributed by atoms with Gasteiger partial charge in [0.05, 0.1) is 28.5 Å². The fraction of sp³-hybridized carbons (Fsp3) is 0.0909. The van der Waals surface area contributed by atoms with Gasteiger partial charge >= 0.3 is 6.03 Å². The van der Waals surface area contributed by atoms with Crippen molar-refractivity contribution in [2.24, 2.45) is 0 Å². The molecule has 4 aromatic rings. The lowest BCUT2D eigenvalue weighted by atomic mass is 10.1. The molecule has 5 rings (SSSR count). The summed E-state index contributed by atoms with van der Waals surface area (Å²) < 4.78 is 16.8. The summed E-state index contributed by atoms with van der Waals surface area (Å²) in [5, 5.41) is 5.24. The van der Waals surface area contributed by atoms with E-state index in [0.29, 0.717) is 28.6 Å². The van der Waals surface area contributed by atoms with Crippen LogP contribution in [-0.2, 0) is 21.0 Å². The van der Waals surface area contributed by atoms with Gasteiger partial charge in [-0.15, -0.1) is 0 Å². The maximum Gasteiger partial charge on any atom is 0.335 e. The van der Waals surface area contributed by atoms with E-state index >= 15 is 0 Å². The molecular formula is C33H25Cl2N3O7. The van der Waals surface area contributed by atoms with Crippen LogP contribution in [0.2, 0.25) is 10.0 Å². The number of barbiturate groups is 1. The molecule has 1 saturated heterocycles. The third-order valence-electron chi connectivity index (χ3n) is 6.50. The molecule has 45 heavy (non-hydrogen) atoms. The van der Waals surface area contributed by atoms with Crippen molar-refractivity contribution in [3.05, 3.63) is 118 Å². The van der Waals surface area contributed by atoms with Gasteiger partial charge in [-0.05, 0) is 65.7 Å². The van der Waals surface area contributed by atoms with Crippen molar-refractivity contribution < 1.29 is 33.4 Å². The number of anilines is 2. The van der Waals surface area contributed by atoms with Crippen molar-refractivity contribution in [1.82, 2.24) is 5.32 Å². The Kier molecular flexibility index (Phi) is 9.67. The first-order chi connectivity index (χ1) is 21.7. The van der Waals surface area contributed by atoms with E-state index in [2.05, 4.69) is 10.6 Å². The molecule has 12 heteroatoms. The zero-order chi connectivity index (χ0) is 31.9. The molecule has 2 N–H and O–H groups in total. The summed E-state index contributed by atoms with van der Waals surface area (Å²) in [4.78, 5) is 52.1. The highest BCUT2D eigenvalue weighted by Crippen LogP contribution is 2.37. The fourth-order valence-electron chi connectivity index (χ4n) is 4.34. The summed E-state index contributed by atoms with van der Waals surface area (Å²) >= 11 is 12.5. The molecular weight excluding hydrogens is 621 g/mol. The topological polar surface area (TPSA) is 123 Å². The van der Waals surface area contributed by atoms with E-state index in [-0.39, 0.29) is 27.8 Å². The minimum absolute atomic E-state index is 0.0504. The summed E-state index contributed by atoms with van der Waals surface area (Å²) in [6, 6.07) is 24.7. The quantitative estimate of drug-likeness (QED) is 0.154. The number of nitrogens with one attached hydrogen (secondary N) is 2. The smallest absolute Gasteiger partial charge is 0.335 e. The predicted molar refractivity (Wildman–Crippen MR) is 170 cm³/mol. The van der Waals surface area contributed by atoms with Crippen LogP contribution in [-0.4, -0.2) is 37.5 Å². The van der Waals surface area contributed by atoms with Crippen LogP contribution in [0.25, 0.3) is 6.08 Å². The molecule has 0 spiro atoms. The second kappa shape index (κ2) is 14.0. The Balaban J connectivity index is 1.31. The number of para-hydroxylation sites is 1. The maximum absolute atomic E-state index is 13.4. The van der Waals surface area contributed by atoms with Crippen molar-refractivity contribution >= 4 is 64.4 Å². The largest absolute Gasteiger partial charge is 0.493 e. The summed E-state index contributed by atoms with van der Waals surface area (Å²) in [5.41, 5.74) is 1.63. The third-order valence-corrected chi connectivity index (χ3v) is 7.11. The Morgan fingerprint density at radius 1 is 0.889 bits per heavy atom. The van der Waals surface area contributed by atoms with Crippen LogP contribution in [0, 0.1) is 0 Å². The van der Waals surface area contributed by atoms with Crippen LogP contribution >= 0.6 is 23.2 Å². The first-order valence-electron chi connectivity index (χ1n) is 13.5. The van der Waals surface area contributed by atoms with Gasteiger partial charge in [0, 0.05) is 0 Å². The second-order valence-corrected chi connectivity index (χ2v) is 10.4. The van der Waals surface area contributed by atoms with Gasteiger partial charge in [0.25, 0.3) is 17.7 Å². The maximum atomic E-state index is 13.4. The molecule has 5 amide bonds. The van der Waals surface area contributed by atoms with Gasteiger partial charge in [-0.25, -0.2) is 9.69 Å². The van der Waals surface area contributed by atoms with Crippen LogP contribution in [0.1, 0.15) is 11.1 Å². The minimum atomic E-state index is -0.894. The highest BCUT2D eigenvalue weighted by Gasteiger charge is 2.37. The van der Waals surface area contributed by atoms with Gasteiger partial charge in [0.1, 0.15) is 17.9 Å². The standard InChI is InChI=1S/C33H25Cl2N3O7/c1-43-28-17-21(16-26(35)30(28)45-19-29(39)36-27-10-6-5-9-25(27)34)15-24-31(40)37-33(42)38(32(24)41)22-11-13-23(14-12-22)44-18-20-7-3-2-4-8-20/h2-17H,18-19H2,1H3,(H,36,39)(H,37,40,42)/b24-15-. The SMILES string of the molecule is COc1cc(/C=C2/C(=O)NC(=O)N(c3ccc(OCc4ccccc4)cc3)C2=O)cc(Cl)c1OCC(=O)Nc1ccccc1Cl. The van der Waals surface area contributed by atoms with E-state index in [1.54, 1.807) is 48.5 Å². The Labute approximate surface area is 268 Å². The minimum Gasteiger partial charge on any atom is -0.493 e. The number of ether oxygens (including phenoxy) is 3. The number of nitrogens with zero attached hydrogens (tertiary/aromatic N) is 1. The van der Waals surface area contributed by atoms with E-state index < -0.39 is 30.4 Å². The number of benzene rings is 4. The molecule has 0 unspecified atom stereocenters. The van der Waals surface area contributed by atoms with Crippen molar-refractivity contribution in [2.45, 2.75) is 6.61 Å². The average Bonchev–Trinajstić information content (AvgIpc) is 3.03. The zero-order valence-electron chi connectivity index (χ0n) is 23.7. The summed E-state index contributed by atoms with van der Waals surface area (Å²) in [6.07, 6.45) is 1.27. The van der Waals surface area contributed by atoms with Gasteiger partial charge in [-0.1, -0.05) is 65.7 Å². The summed E-state index contributed by atoms with van der Waals surface area (Å²) in [5.74, 6) is -1.46. The van der Waals surface area contributed by atoms with E-state index in [1.165, 1.54) is 25.3 Å². The van der Waals surface area contributed by atoms with Crippen molar-refractivity contribution in [3.63, 3.8) is 0 Å². The third kappa shape index (κ3) is 7.43. The highest BCUT2D eigenvalue weighted by atomic mass is 35.5. The number of methoxy groups -OCH3 is 1. The Morgan fingerprint density at radius 2 is 1.60 bits per heavy atom. The lowest BCUT2D eigenvalue weighted by molar-refractivity contribution is -0.122. The number of halogens is 2. The van der Waals surface area contributed by atoms with Crippen LogP contribution in [0.15, 0.2) is 96.6 Å². The molecule has 228 valence electrons. The summed E-state index contributed by atoms with van der Waals surface area (Å²) in [7, 11) is 1.37. The molecule has 4 aromatic carbocycles. The number of urea groups is 1. The first-order valence-corrected chi connectivity index (χ1v) is 14.2. The number of imide groups is 2. The van der Waals surface area contributed by atoms with Crippen molar-refractivity contribution in [2.75, 3.05) is 23.9 Å². The van der Waals surface area contributed by atoms with Crippen molar-refractivity contribution in [1.29, 1.82) is 0 Å². The second-order valence-electron chi connectivity index (χ2n) is 9.58. The average molecular weight is 646 g/mol. The van der Waals surface area contributed by atoms with E-state index in [9.17, 15) is 19.2 Å². The molecule has 0 aliphatic carbocycles. The van der Waals surface area contributed by atoms with Gasteiger partial charge in [-0.2, -0.15) is 0 Å². The molecule has 0 saturated carbocycles. The first kappa shape index (κ1) is 31.1. The van der Waals surface area contributed by atoms with Crippen LogP contribution in [0.4, 0.5) is 16.2 Å². The number of carbonyl (C=O) groups is 4. The van der Waals surface area contributed by atoms with Gasteiger partial charge < -0.3 is 19.5 Å². The molecule has 0 radical (unpaired) electrons. The number of carbonyl (C=O) groups excluding carboxylic acids is 4. The number of hydrogen-bond donors (Lipinski definition) is 2. The lowest BCUT2D eigenvalue weighted by Crippen LogP contribution is -2.54. The lowest BCUT2D eigenvalue weighted by Gasteiger charge is -2.26. The van der Waals surface area contributed by atoms with Crippen LogP contribution in [0.3, 0.4) is 0 Å². The van der Waals surface area contributed by atoms with Crippen molar-refractivity contribution in [3.8, 4) is 17.2 Å². The van der Waals surface area contributed by atoms with Gasteiger partial charge in [0.15, 0.2) is 18.1 Å². The molecule has 1 fully saturated rings. The van der Waals surface area contributed by atoms with E-state index in [0.717, 1.165) is 10.5 Å². The van der Waals surface area contributed by atoms with Crippen LogP contribution < -0.4 is 29.7 Å². The normalized spacial score (nSPS) is 13.8. The fourth-order valence-corrected chi connectivity index (χ4v) is 4.80. The number of amides is 5.